The number of carboxylic acids is 1. The third kappa shape index (κ3) is 2.74. The molecule has 7 heteroatoms. The van der Waals surface area contributed by atoms with Gasteiger partial charge in [0.1, 0.15) is 0 Å². The van der Waals surface area contributed by atoms with Crippen LogP contribution in [0.5, 0.6) is 0 Å². The molecule has 1 N–H and O–H groups in total. The van der Waals surface area contributed by atoms with Gasteiger partial charge in [0.2, 0.25) is 10.0 Å². The molecule has 5 rings (SSSR count). The molecule has 0 amide bonds. The molecule has 4 aliphatic carbocycles. The van der Waals surface area contributed by atoms with E-state index < -0.39 is 16.0 Å². The molecule has 0 heterocycles. The van der Waals surface area contributed by atoms with Gasteiger partial charge in [-0.05, 0) is 74.5 Å². The maximum Gasteiger partial charge on any atom is 0.241 e. The van der Waals surface area contributed by atoms with Crippen molar-refractivity contribution in [1.29, 1.82) is 0 Å². The van der Waals surface area contributed by atoms with E-state index in [0.29, 0.717) is 17.8 Å². The maximum absolute atomic E-state index is 12.8. The van der Waals surface area contributed by atoms with Gasteiger partial charge in [-0.15, -0.1) is 0 Å². The van der Waals surface area contributed by atoms with Gasteiger partial charge in [-0.3, -0.25) is 0 Å². The standard InChI is InChI=1S/C17H20ClNO4S/c18-15-2-1-13(6-14(15)16(20)21)24(22,23)19-17-7-10-3-11(8-17)5-12(4-10)9-17/h1-2,6,10-12,19H,3-5,7-9H2,(H,20,21)/p-1. The third-order valence-electron chi connectivity index (χ3n) is 5.86. The summed E-state index contributed by atoms with van der Waals surface area (Å²) in [6, 6.07) is 3.72. The first kappa shape index (κ1) is 16.4. The second-order valence-corrected chi connectivity index (χ2v) is 9.82. The summed E-state index contributed by atoms with van der Waals surface area (Å²) in [6.45, 7) is 0. The van der Waals surface area contributed by atoms with E-state index in [1.165, 1.54) is 31.4 Å². The number of aromatic carboxylic acids is 1. The van der Waals surface area contributed by atoms with Crippen molar-refractivity contribution >= 4 is 27.6 Å². The van der Waals surface area contributed by atoms with Crippen LogP contribution in [0.25, 0.3) is 0 Å². The molecule has 0 unspecified atom stereocenters. The molecule has 0 spiro atoms. The Hall–Kier alpha value is -1.11. The van der Waals surface area contributed by atoms with Gasteiger partial charge in [-0.25, -0.2) is 13.1 Å². The van der Waals surface area contributed by atoms with Gasteiger partial charge >= 0.3 is 0 Å². The van der Waals surface area contributed by atoms with Crippen molar-refractivity contribution in [3.05, 3.63) is 28.8 Å². The highest BCUT2D eigenvalue weighted by Crippen LogP contribution is 2.55. The summed E-state index contributed by atoms with van der Waals surface area (Å²) in [6.07, 6.45) is 6.32. The van der Waals surface area contributed by atoms with Crippen LogP contribution in [0.1, 0.15) is 48.9 Å². The molecule has 4 saturated carbocycles. The predicted octanol–water partition coefficient (Wildman–Crippen LogP) is 1.95. The zero-order chi connectivity index (χ0) is 17.1. The van der Waals surface area contributed by atoms with E-state index in [1.54, 1.807) is 0 Å². The van der Waals surface area contributed by atoms with Crippen LogP contribution in [0, 0.1) is 17.8 Å². The van der Waals surface area contributed by atoms with E-state index in [0.717, 1.165) is 25.3 Å². The highest BCUT2D eigenvalue weighted by Gasteiger charge is 2.52. The van der Waals surface area contributed by atoms with E-state index in [1.807, 2.05) is 0 Å². The SMILES string of the molecule is O=C([O-])c1cc(S(=O)(=O)NC23CC4CC(CC(C4)C2)C3)ccc1Cl. The average molecular weight is 369 g/mol. The summed E-state index contributed by atoms with van der Waals surface area (Å²) >= 11 is 5.80. The fourth-order valence-electron chi connectivity index (χ4n) is 5.41. The molecule has 4 aliphatic rings. The predicted molar refractivity (Wildman–Crippen MR) is 87.0 cm³/mol. The first-order valence-corrected chi connectivity index (χ1v) is 10.2. The number of carbonyl (C=O) groups excluding carboxylic acids is 1. The van der Waals surface area contributed by atoms with E-state index in [9.17, 15) is 18.3 Å². The molecule has 0 radical (unpaired) electrons. The van der Waals surface area contributed by atoms with Crippen LogP contribution in [-0.2, 0) is 10.0 Å². The van der Waals surface area contributed by atoms with Gasteiger partial charge < -0.3 is 9.90 Å². The smallest absolute Gasteiger partial charge is 0.241 e. The Kier molecular flexibility index (Phi) is 3.71. The Morgan fingerprint density at radius 3 is 2.17 bits per heavy atom. The van der Waals surface area contributed by atoms with Crippen LogP contribution in [0.15, 0.2) is 23.1 Å². The number of carbonyl (C=O) groups is 1. The number of rotatable bonds is 4. The van der Waals surface area contributed by atoms with Gasteiger partial charge in [-0.1, -0.05) is 11.6 Å². The quantitative estimate of drug-likeness (QED) is 0.880. The van der Waals surface area contributed by atoms with Crippen molar-refractivity contribution in [2.24, 2.45) is 17.8 Å². The highest BCUT2D eigenvalue weighted by molar-refractivity contribution is 7.89. The largest absolute Gasteiger partial charge is 0.545 e. The minimum Gasteiger partial charge on any atom is -0.545 e. The normalized spacial score (nSPS) is 34.5. The third-order valence-corrected chi connectivity index (χ3v) is 7.76. The molecule has 24 heavy (non-hydrogen) atoms. The summed E-state index contributed by atoms with van der Waals surface area (Å²) in [5.41, 5.74) is -0.667. The number of sulfonamides is 1. The van der Waals surface area contributed by atoms with Crippen molar-refractivity contribution in [3.63, 3.8) is 0 Å². The van der Waals surface area contributed by atoms with Crippen molar-refractivity contribution in [2.75, 3.05) is 0 Å². The van der Waals surface area contributed by atoms with Crippen LogP contribution in [0.2, 0.25) is 5.02 Å². The van der Waals surface area contributed by atoms with Gasteiger partial charge in [-0.2, -0.15) is 0 Å². The molecule has 0 aliphatic heterocycles. The van der Waals surface area contributed by atoms with E-state index >= 15 is 0 Å². The van der Waals surface area contributed by atoms with Gasteiger partial charge in [0.05, 0.1) is 10.9 Å². The maximum atomic E-state index is 12.8. The van der Waals surface area contributed by atoms with E-state index in [2.05, 4.69) is 4.72 Å². The molecule has 4 bridgehead atoms. The van der Waals surface area contributed by atoms with E-state index in [-0.39, 0.29) is 21.0 Å². The summed E-state index contributed by atoms with van der Waals surface area (Å²) in [4.78, 5) is 11.0. The first-order chi connectivity index (χ1) is 11.3. The van der Waals surface area contributed by atoms with Crippen molar-refractivity contribution < 1.29 is 18.3 Å². The fraction of sp³-hybridized carbons (Fsp3) is 0.588. The van der Waals surface area contributed by atoms with Gasteiger partial charge in [0, 0.05) is 16.1 Å². The fourth-order valence-corrected chi connectivity index (χ4v) is 7.06. The van der Waals surface area contributed by atoms with Crippen LogP contribution in [-0.4, -0.2) is 19.9 Å². The summed E-state index contributed by atoms with van der Waals surface area (Å²) in [7, 11) is -3.80. The molecule has 130 valence electrons. The number of hydrogen-bond acceptors (Lipinski definition) is 4. The Bertz CT molecular complexity index is 770. The molecule has 0 atom stereocenters. The van der Waals surface area contributed by atoms with Gasteiger partial charge in [0.15, 0.2) is 0 Å². The number of halogens is 1. The molecule has 0 aromatic heterocycles. The van der Waals surface area contributed by atoms with Crippen LogP contribution in [0.4, 0.5) is 0 Å². The first-order valence-electron chi connectivity index (χ1n) is 8.31. The Morgan fingerprint density at radius 2 is 1.67 bits per heavy atom. The molecule has 1 aromatic rings. The topological polar surface area (TPSA) is 86.3 Å². The lowest BCUT2D eigenvalue weighted by molar-refractivity contribution is -0.255. The Morgan fingerprint density at radius 1 is 1.12 bits per heavy atom. The molecule has 4 fully saturated rings. The lowest BCUT2D eigenvalue weighted by atomic mass is 9.53. The second-order valence-electron chi connectivity index (χ2n) is 7.73. The van der Waals surface area contributed by atoms with Crippen molar-refractivity contribution in [3.8, 4) is 0 Å². The monoisotopic (exact) mass is 368 g/mol. The second kappa shape index (κ2) is 5.44. The number of nitrogens with one attached hydrogen (secondary N) is 1. The number of carboxylic acid groups (broad SMARTS) is 1. The lowest BCUT2D eigenvalue weighted by Gasteiger charge is -2.56. The van der Waals surface area contributed by atoms with Crippen molar-refractivity contribution in [2.45, 2.75) is 49.0 Å². The van der Waals surface area contributed by atoms with Crippen LogP contribution >= 0.6 is 11.6 Å². The summed E-state index contributed by atoms with van der Waals surface area (Å²) < 4.78 is 28.6. The highest BCUT2D eigenvalue weighted by atomic mass is 35.5. The number of hydrogen-bond donors (Lipinski definition) is 1. The minimum atomic E-state index is -3.80. The minimum absolute atomic E-state index is 0.0243. The molecular formula is C17H19ClNO4S-. The van der Waals surface area contributed by atoms with Crippen molar-refractivity contribution in [1.82, 2.24) is 4.72 Å². The molecule has 1 aromatic carbocycles. The van der Waals surface area contributed by atoms with Crippen LogP contribution < -0.4 is 9.83 Å². The summed E-state index contributed by atoms with van der Waals surface area (Å²) in [5.74, 6) is 0.362. The Balaban J connectivity index is 1.64. The summed E-state index contributed by atoms with van der Waals surface area (Å²) in [5, 5.41) is 11.1. The number of benzene rings is 1. The zero-order valence-corrected chi connectivity index (χ0v) is 14.7. The zero-order valence-electron chi connectivity index (χ0n) is 13.1. The lowest BCUT2D eigenvalue weighted by Crippen LogP contribution is -2.59. The van der Waals surface area contributed by atoms with Gasteiger partial charge in [0.25, 0.3) is 0 Å². The molecular weight excluding hydrogens is 350 g/mol. The van der Waals surface area contributed by atoms with E-state index in [4.69, 9.17) is 11.6 Å². The Labute approximate surface area is 146 Å². The average Bonchev–Trinajstić information content (AvgIpc) is 2.44. The molecule has 0 saturated heterocycles. The van der Waals surface area contributed by atoms with Crippen LogP contribution in [0.3, 0.4) is 0 Å². The molecule has 5 nitrogen and oxygen atoms in total.